The first-order chi connectivity index (χ1) is 13.2. The highest BCUT2D eigenvalue weighted by Crippen LogP contribution is 2.26. The summed E-state index contributed by atoms with van der Waals surface area (Å²) in [4.78, 5) is 14.8. The fourth-order valence-corrected chi connectivity index (χ4v) is 3.49. The zero-order chi connectivity index (χ0) is 18.6. The first-order valence-electron chi connectivity index (χ1n) is 9.13. The van der Waals surface area contributed by atoms with E-state index in [9.17, 15) is 9.18 Å². The number of halogens is 1. The molecule has 1 N–H and O–H groups in total. The average Bonchev–Trinajstić information content (AvgIpc) is 3.44. The van der Waals surface area contributed by atoms with Gasteiger partial charge in [0.1, 0.15) is 17.3 Å². The lowest BCUT2D eigenvalue weighted by Crippen LogP contribution is -2.36. The predicted octanol–water partition coefficient (Wildman–Crippen LogP) is 4.25. The van der Waals surface area contributed by atoms with Crippen molar-refractivity contribution >= 4 is 5.91 Å². The standard InChI is InChI=1S/C21H21FN2O3/c22-16-7-2-1-6-15(16)18-9-10-20(27-18)21(25)23-14-17(19-8-5-13-26-19)24-11-3-4-12-24/h1-2,5-10,13,17H,3-4,11-12,14H2,(H,23,25)/t17-/m1/s1. The first kappa shape index (κ1) is 17.5. The number of likely N-dealkylation sites (tertiary alicyclic amines) is 1. The molecule has 3 aromatic rings. The molecule has 2 aromatic heterocycles. The van der Waals surface area contributed by atoms with Crippen molar-refractivity contribution in [3.05, 3.63) is 72.1 Å². The van der Waals surface area contributed by atoms with Crippen molar-refractivity contribution in [2.75, 3.05) is 19.6 Å². The smallest absolute Gasteiger partial charge is 0.287 e. The molecular weight excluding hydrogens is 347 g/mol. The van der Waals surface area contributed by atoms with Gasteiger partial charge in [-0.1, -0.05) is 12.1 Å². The maximum Gasteiger partial charge on any atom is 0.287 e. The van der Waals surface area contributed by atoms with E-state index in [0.717, 1.165) is 31.7 Å². The molecule has 0 aliphatic carbocycles. The quantitative estimate of drug-likeness (QED) is 0.707. The summed E-state index contributed by atoms with van der Waals surface area (Å²) < 4.78 is 25.0. The molecule has 0 saturated carbocycles. The fourth-order valence-electron chi connectivity index (χ4n) is 3.49. The summed E-state index contributed by atoms with van der Waals surface area (Å²) in [5, 5.41) is 2.92. The molecule has 27 heavy (non-hydrogen) atoms. The lowest BCUT2D eigenvalue weighted by molar-refractivity contribution is 0.0907. The Kier molecular flexibility index (Phi) is 5.07. The molecule has 0 radical (unpaired) electrons. The van der Waals surface area contributed by atoms with Crippen LogP contribution in [0.3, 0.4) is 0 Å². The molecule has 5 nitrogen and oxygen atoms in total. The van der Waals surface area contributed by atoms with Gasteiger partial charge in [0.25, 0.3) is 5.91 Å². The Morgan fingerprint density at radius 1 is 1.11 bits per heavy atom. The largest absolute Gasteiger partial charge is 0.468 e. The van der Waals surface area contributed by atoms with E-state index < -0.39 is 0 Å². The number of nitrogens with zero attached hydrogens (tertiary/aromatic N) is 1. The molecule has 140 valence electrons. The summed E-state index contributed by atoms with van der Waals surface area (Å²) in [6.45, 7) is 2.39. The van der Waals surface area contributed by atoms with Crippen LogP contribution in [0.15, 0.2) is 63.6 Å². The molecule has 4 rings (SSSR count). The van der Waals surface area contributed by atoms with Crippen molar-refractivity contribution < 1.29 is 18.0 Å². The third-order valence-electron chi connectivity index (χ3n) is 4.88. The van der Waals surface area contributed by atoms with Crippen molar-refractivity contribution in [1.82, 2.24) is 10.2 Å². The molecule has 1 aliphatic heterocycles. The van der Waals surface area contributed by atoms with Crippen LogP contribution in [-0.2, 0) is 0 Å². The lowest BCUT2D eigenvalue weighted by Gasteiger charge is -2.25. The van der Waals surface area contributed by atoms with E-state index in [1.165, 1.54) is 6.07 Å². The lowest BCUT2D eigenvalue weighted by atomic mass is 10.1. The van der Waals surface area contributed by atoms with Gasteiger partial charge in [0.05, 0.1) is 17.9 Å². The topological polar surface area (TPSA) is 58.6 Å². The molecule has 0 unspecified atom stereocenters. The Hall–Kier alpha value is -2.86. The van der Waals surface area contributed by atoms with Gasteiger partial charge in [-0.25, -0.2) is 4.39 Å². The van der Waals surface area contributed by atoms with Crippen molar-refractivity contribution in [3.8, 4) is 11.3 Å². The van der Waals surface area contributed by atoms with Crippen LogP contribution >= 0.6 is 0 Å². The SMILES string of the molecule is O=C(NC[C@H](c1ccco1)N1CCCC1)c1ccc(-c2ccccc2F)o1. The van der Waals surface area contributed by atoms with Crippen LogP contribution in [0.5, 0.6) is 0 Å². The average molecular weight is 368 g/mol. The number of nitrogens with one attached hydrogen (secondary N) is 1. The van der Waals surface area contributed by atoms with Gasteiger partial charge in [0, 0.05) is 6.54 Å². The highest BCUT2D eigenvalue weighted by molar-refractivity contribution is 5.92. The summed E-state index contributed by atoms with van der Waals surface area (Å²) in [5.74, 6) is 0.621. The van der Waals surface area contributed by atoms with Gasteiger partial charge in [-0.15, -0.1) is 0 Å². The highest BCUT2D eigenvalue weighted by Gasteiger charge is 2.26. The number of amides is 1. The third-order valence-corrected chi connectivity index (χ3v) is 4.88. The summed E-state index contributed by atoms with van der Waals surface area (Å²) in [6, 6.07) is 13.3. The highest BCUT2D eigenvalue weighted by atomic mass is 19.1. The van der Waals surface area contributed by atoms with Crippen LogP contribution in [-0.4, -0.2) is 30.4 Å². The molecule has 1 atom stereocenters. The van der Waals surface area contributed by atoms with E-state index >= 15 is 0 Å². The summed E-state index contributed by atoms with van der Waals surface area (Å²) in [7, 11) is 0. The zero-order valence-corrected chi connectivity index (χ0v) is 14.9. The van der Waals surface area contributed by atoms with E-state index in [-0.39, 0.29) is 23.5 Å². The third kappa shape index (κ3) is 3.80. The minimum atomic E-state index is -0.384. The van der Waals surface area contributed by atoms with Gasteiger partial charge in [0.2, 0.25) is 0 Å². The molecule has 0 bridgehead atoms. The van der Waals surface area contributed by atoms with Crippen molar-refractivity contribution in [2.24, 2.45) is 0 Å². The first-order valence-corrected chi connectivity index (χ1v) is 9.13. The van der Waals surface area contributed by atoms with E-state index in [1.807, 2.05) is 12.1 Å². The summed E-state index contributed by atoms with van der Waals surface area (Å²) in [5.41, 5.74) is 0.335. The Morgan fingerprint density at radius 2 is 1.93 bits per heavy atom. The number of rotatable bonds is 6. The Morgan fingerprint density at radius 3 is 2.67 bits per heavy atom. The normalized spacial score (nSPS) is 15.7. The molecule has 1 fully saturated rings. The minimum Gasteiger partial charge on any atom is -0.468 e. The van der Waals surface area contributed by atoms with Gasteiger partial charge in [-0.2, -0.15) is 0 Å². The second-order valence-electron chi connectivity index (χ2n) is 6.63. The number of hydrogen-bond acceptors (Lipinski definition) is 4. The number of benzene rings is 1. The summed E-state index contributed by atoms with van der Waals surface area (Å²) in [6.07, 6.45) is 3.94. The Labute approximate surface area is 156 Å². The van der Waals surface area contributed by atoms with Crippen molar-refractivity contribution in [2.45, 2.75) is 18.9 Å². The van der Waals surface area contributed by atoms with E-state index in [0.29, 0.717) is 17.9 Å². The molecule has 1 saturated heterocycles. The second-order valence-corrected chi connectivity index (χ2v) is 6.63. The van der Waals surface area contributed by atoms with Crippen LogP contribution in [0, 0.1) is 5.82 Å². The number of carbonyl (C=O) groups excluding carboxylic acids is 1. The predicted molar refractivity (Wildman–Crippen MR) is 98.7 cm³/mol. The van der Waals surface area contributed by atoms with Crippen molar-refractivity contribution in [1.29, 1.82) is 0 Å². The summed E-state index contributed by atoms with van der Waals surface area (Å²) >= 11 is 0. The second kappa shape index (κ2) is 7.80. The zero-order valence-electron chi connectivity index (χ0n) is 14.9. The molecule has 1 aliphatic rings. The van der Waals surface area contributed by atoms with Crippen LogP contribution in [0.2, 0.25) is 0 Å². The maximum absolute atomic E-state index is 13.9. The van der Waals surface area contributed by atoms with E-state index in [4.69, 9.17) is 8.83 Å². The van der Waals surface area contributed by atoms with E-state index in [1.54, 1.807) is 36.6 Å². The van der Waals surface area contributed by atoms with Crippen molar-refractivity contribution in [3.63, 3.8) is 0 Å². The van der Waals surface area contributed by atoms with Crippen LogP contribution in [0.4, 0.5) is 4.39 Å². The molecule has 1 aromatic carbocycles. The Balaban J connectivity index is 1.45. The van der Waals surface area contributed by atoms with Gasteiger partial charge in [0.15, 0.2) is 5.76 Å². The molecule has 0 spiro atoms. The molecule has 3 heterocycles. The monoisotopic (exact) mass is 368 g/mol. The number of carbonyl (C=O) groups is 1. The Bertz CT molecular complexity index is 898. The maximum atomic E-state index is 13.9. The van der Waals surface area contributed by atoms with Crippen LogP contribution < -0.4 is 5.32 Å². The van der Waals surface area contributed by atoms with Gasteiger partial charge in [-0.05, 0) is 62.3 Å². The van der Waals surface area contributed by atoms with Crippen LogP contribution in [0.1, 0.15) is 35.2 Å². The molecular formula is C21H21FN2O3. The number of hydrogen-bond donors (Lipinski definition) is 1. The fraction of sp³-hybridized carbons (Fsp3) is 0.286. The number of furan rings is 2. The molecule has 1 amide bonds. The van der Waals surface area contributed by atoms with E-state index in [2.05, 4.69) is 10.2 Å². The van der Waals surface area contributed by atoms with Gasteiger partial charge >= 0.3 is 0 Å². The van der Waals surface area contributed by atoms with Crippen LogP contribution in [0.25, 0.3) is 11.3 Å². The molecule has 6 heteroatoms. The minimum absolute atomic E-state index is 0.00699. The van der Waals surface area contributed by atoms with Gasteiger partial charge < -0.3 is 14.2 Å². The van der Waals surface area contributed by atoms with Gasteiger partial charge in [-0.3, -0.25) is 9.69 Å².